The number of hydrogen-bond donors (Lipinski definition) is 1. The Labute approximate surface area is 198 Å². The summed E-state index contributed by atoms with van der Waals surface area (Å²) in [5, 5.41) is 2.72. The van der Waals surface area contributed by atoms with Gasteiger partial charge in [0.2, 0.25) is 0 Å². The summed E-state index contributed by atoms with van der Waals surface area (Å²) in [5.74, 6) is -0.387. The Morgan fingerprint density at radius 2 is 1.82 bits per heavy atom. The van der Waals surface area contributed by atoms with E-state index in [1.54, 1.807) is 42.9 Å². The first-order valence-corrected chi connectivity index (χ1v) is 12.3. The Kier molecular flexibility index (Phi) is 7.34. The molecule has 0 aliphatic carbocycles. The number of carbonyl (C=O) groups excluding carboxylic acids is 1. The van der Waals surface area contributed by atoms with E-state index in [1.807, 2.05) is 13.0 Å². The Hall–Kier alpha value is -3.04. The number of para-hydroxylation sites is 1. The molecule has 1 amide bonds. The monoisotopic (exact) mass is 490 g/mol. The number of benzene rings is 2. The van der Waals surface area contributed by atoms with Crippen molar-refractivity contribution in [2.75, 3.05) is 17.9 Å². The molecule has 0 aliphatic rings. The van der Waals surface area contributed by atoms with Crippen LogP contribution >= 0.6 is 11.6 Å². The Morgan fingerprint density at radius 3 is 2.45 bits per heavy atom. The molecule has 0 atom stereocenters. The molecule has 8 nitrogen and oxygen atoms in total. The van der Waals surface area contributed by atoms with Gasteiger partial charge < -0.3 is 5.32 Å². The van der Waals surface area contributed by atoms with Gasteiger partial charge in [0.25, 0.3) is 21.5 Å². The van der Waals surface area contributed by atoms with Gasteiger partial charge in [0, 0.05) is 26.2 Å². The molecule has 1 N–H and O–H groups in total. The standard InChI is InChI=1S/C23H27ClN4O4S/c1-5-6-14-25-22(29)17-12-13-19(24)20(15-17)33(31,32)27(4)21-16(2)26(3)28(23(21)30)18-10-8-7-9-11-18/h7-13,15H,5-6,14H2,1-4H3,(H,25,29). The van der Waals surface area contributed by atoms with Crippen LogP contribution in [-0.2, 0) is 17.1 Å². The quantitative estimate of drug-likeness (QED) is 0.489. The normalized spacial score (nSPS) is 11.4. The first-order chi connectivity index (χ1) is 15.6. The third-order valence-corrected chi connectivity index (χ3v) is 7.73. The Morgan fingerprint density at radius 1 is 1.15 bits per heavy atom. The smallest absolute Gasteiger partial charge is 0.296 e. The predicted octanol–water partition coefficient (Wildman–Crippen LogP) is 3.49. The summed E-state index contributed by atoms with van der Waals surface area (Å²) in [6.45, 7) is 4.16. The molecule has 10 heteroatoms. The van der Waals surface area contributed by atoms with Crippen LogP contribution in [0.5, 0.6) is 0 Å². The van der Waals surface area contributed by atoms with Crippen LogP contribution < -0.4 is 15.2 Å². The summed E-state index contributed by atoms with van der Waals surface area (Å²) in [5.41, 5.74) is 0.745. The third kappa shape index (κ3) is 4.69. The number of carbonyl (C=O) groups is 1. The molecular formula is C23H27ClN4O4S. The largest absolute Gasteiger partial charge is 0.352 e. The maximum absolute atomic E-state index is 13.5. The first kappa shape index (κ1) is 24.6. The van der Waals surface area contributed by atoms with E-state index < -0.39 is 15.6 Å². The number of aromatic nitrogens is 2. The highest BCUT2D eigenvalue weighted by atomic mass is 35.5. The lowest BCUT2D eigenvalue weighted by molar-refractivity contribution is 0.0953. The van der Waals surface area contributed by atoms with Gasteiger partial charge >= 0.3 is 0 Å². The maximum Gasteiger partial charge on any atom is 0.296 e. The summed E-state index contributed by atoms with van der Waals surface area (Å²) in [6.07, 6.45) is 1.73. The van der Waals surface area contributed by atoms with Crippen LogP contribution in [0.15, 0.2) is 58.2 Å². The fraction of sp³-hybridized carbons (Fsp3) is 0.304. The fourth-order valence-electron chi connectivity index (χ4n) is 3.51. The van der Waals surface area contributed by atoms with Crippen LogP contribution in [0.25, 0.3) is 5.69 Å². The number of unbranched alkanes of at least 4 members (excludes halogenated alkanes) is 1. The fourth-order valence-corrected chi connectivity index (χ4v) is 5.25. The molecule has 0 radical (unpaired) electrons. The SMILES string of the molecule is CCCCNC(=O)c1ccc(Cl)c(S(=O)(=O)N(C)c2c(C)n(C)n(-c3ccccc3)c2=O)c1. The van der Waals surface area contributed by atoms with E-state index in [9.17, 15) is 18.0 Å². The van der Waals surface area contributed by atoms with Crippen LogP contribution in [0, 0.1) is 6.92 Å². The lowest BCUT2D eigenvalue weighted by Gasteiger charge is -2.19. The number of nitrogens with one attached hydrogen (secondary N) is 1. The van der Waals surface area contributed by atoms with Gasteiger partial charge in [0.15, 0.2) is 0 Å². The van der Waals surface area contributed by atoms with E-state index in [1.165, 1.54) is 29.9 Å². The van der Waals surface area contributed by atoms with Crippen LogP contribution in [0.3, 0.4) is 0 Å². The Bertz CT molecular complexity index is 1330. The molecule has 0 bridgehead atoms. The zero-order valence-electron chi connectivity index (χ0n) is 19.0. The molecule has 3 rings (SSSR count). The van der Waals surface area contributed by atoms with Crippen LogP contribution in [-0.4, -0.2) is 37.3 Å². The summed E-state index contributed by atoms with van der Waals surface area (Å²) in [4.78, 5) is 25.5. The molecule has 0 saturated carbocycles. The molecule has 0 saturated heterocycles. The predicted molar refractivity (Wildman–Crippen MR) is 130 cm³/mol. The second-order valence-corrected chi connectivity index (χ2v) is 9.98. The van der Waals surface area contributed by atoms with E-state index in [-0.39, 0.29) is 27.1 Å². The van der Waals surface area contributed by atoms with Crippen molar-refractivity contribution >= 4 is 33.2 Å². The van der Waals surface area contributed by atoms with E-state index in [0.717, 1.165) is 17.1 Å². The molecule has 0 fully saturated rings. The van der Waals surface area contributed by atoms with Crippen LogP contribution in [0.1, 0.15) is 35.8 Å². The van der Waals surface area contributed by atoms with E-state index >= 15 is 0 Å². The van der Waals surface area contributed by atoms with Gasteiger partial charge in [-0.1, -0.05) is 43.1 Å². The molecule has 1 aromatic heterocycles. The topological polar surface area (TPSA) is 93.4 Å². The number of hydrogen-bond acceptors (Lipinski definition) is 4. The van der Waals surface area contributed by atoms with Crippen molar-refractivity contribution < 1.29 is 13.2 Å². The van der Waals surface area contributed by atoms with Crippen molar-refractivity contribution in [1.82, 2.24) is 14.7 Å². The minimum Gasteiger partial charge on any atom is -0.352 e. The number of rotatable bonds is 8. The van der Waals surface area contributed by atoms with Crippen molar-refractivity contribution in [3.63, 3.8) is 0 Å². The van der Waals surface area contributed by atoms with Crippen molar-refractivity contribution in [2.45, 2.75) is 31.6 Å². The molecule has 2 aromatic carbocycles. The number of nitrogens with zero attached hydrogens (tertiary/aromatic N) is 3. The molecule has 0 spiro atoms. The van der Waals surface area contributed by atoms with Crippen molar-refractivity contribution in [3.05, 3.63) is 75.2 Å². The summed E-state index contributed by atoms with van der Waals surface area (Å²) < 4.78 is 30.9. The second kappa shape index (κ2) is 9.84. The van der Waals surface area contributed by atoms with Gasteiger partial charge in [-0.15, -0.1) is 0 Å². The Balaban J connectivity index is 2.05. The van der Waals surface area contributed by atoms with Gasteiger partial charge in [-0.3, -0.25) is 18.6 Å². The number of halogens is 1. The molecule has 0 aliphatic heterocycles. The number of anilines is 1. The summed E-state index contributed by atoms with van der Waals surface area (Å²) in [7, 11) is -1.25. The van der Waals surface area contributed by atoms with Crippen molar-refractivity contribution in [2.24, 2.45) is 7.05 Å². The third-order valence-electron chi connectivity index (χ3n) is 5.49. The van der Waals surface area contributed by atoms with Crippen LogP contribution in [0.4, 0.5) is 5.69 Å². The molecule has 33 heavy (non-hydrogen) atoms. The number of sulfonamides is 1. The second-order valence-electron chi connectivity index (χ2n) is 7.64. The highest BCUT2D eigenvalue weighted by molar-refractivity contribution is 7.93. The highest BCUT2D eigenvalue weighted by Gasteiger charge is 2.30. The van der Waals surface area contributed by atoms with E-state index in [0.29, 0.717) is 17.9 Å². The van der Waals surface area contributed by atoms with Crippen molar-refractivity contribution in [1.29, 1.82) is 0 Å². The molecular weight excluding hydrogens is 464 g/mol. The minimum atomic E-state index is -4.24. The average molecular weight is 491 g/mol. The first-order valence-electron chi connectivity index (χ1n) is 10.5. The maximum atomic E-state index is 13.5. The van der Waals surface area contributed by atoms with Gasteiger partial charge in [-0.2, -0.15) is 0 Å². The molecule has 1 heterocycles. The van der Waals surface area contributed by atoms with E-state index in [4.69, 9.17) is 11.6 Å². The molecule has 0 unspecified atom stereocenters. The van der Waals surface area contributed by atoms with E-state index in [2.05, 4.69) is 5.32 Å². The highest BCUT2D eigenvalue weighted by Crippen LogP contribution is 2.29. The van der Waals surface area contributed by atoms with Crippen molar-refractivity contribution in [3.8, 4) is 5.69 Å². The van der Waals surface area contributed by atoms with Gasteiger partial charge in [-0.25, -0.2) is 13.1 Å². The molecule has 176 valence electrons. The number of amides is 1. The van der Waals surface area contributed by atoms with Gasteiger partial charge in [0.05, 0.1) is 16.4 Å². The minimum absolute atomic E-state index is 0.00443. The summed E-state index contributed by atoms with van der Waals surface area (Å²) >= 11 is 6.23. The molecule has 3 aromatic rings. The van der Waals surface area contributed by atoms with Crippen LogP contribution in [0.2, 0.25) is 5.02 Å². The van der Waals surface area contributed by atoms with Gasteiger partial charge in [0.1, 0.15) is 10.6 Å². The van der Waals surface area contributed by atoms with Gasteiger partial charge in [-0.05, 0) is 43.7 Å². The lowest BCUT2D eigenvalue weighted by Crippen LogP contribution is -2.32. The zero-order chi connectivity index (χ0) is 24.3. The lowest BCUT2D eigenvalue weighted by atomic mass is 10.2. The zero-order valence-corrected chi connectivity index (χ0v) is 20.6. The summed E-state index contributed by atoms with van der Waals surface area (Å²) in [6, 6.07) is 13.0. The average Bonchev–Trinajstić information content (AvgIpc) is 3.02.